The van der Waals surface area contributed by atoms with Crippen molar-refractivity contribution < 1.29 is 18.0 Å². The number of benzene rings is 2. The summed E-state index contributed by atoms with van der Waals surface area (Å²) in [4.78, 5) is 23.8. The number of hydrogen-bond acceptors (Lipinski definition) is 4. The second-order valence-electron chi connectivity index (χ2n) is 4.57. The number of hydrazine groups is 1. The van der Waals surface area contributed by atoms with Crippen molar-refractivity contribution in [3.05, 3.63) is 65.7 Å². The lowest BCUT2D eigenvalue weighted by Gasteiger charge is -2.08. The first-order chi connectivity index (χ1) is 10.4. The molecule has 0 spiro atoms. The number of carbonyl (C=O) groups excluding carboxylic acids is 2. The molecule has 0 saturated carbocycles. The van der Waals surface area contributed by atoms with E-state index in [4.69, 9.17) is 0 Å². The summed E-state index contributed by atoms with van der Waals surface area (Å²) in [5.41, 5.74) is 5.04. The molecular formula is C15H14N2O4S. The summed E-state index contributed by atoms with van der Waals surface area (Å²) in [6, 6.07) is 13.9. The summed E-state index contributed by atoms with van der Waals surface area (Å²) < 4.78 is 22.9. The molecular weight excluding hydrogens is 304 g/mol. The van der Waals surface area contributed by atoms with Gasteiger partial charge in [0, 0.05) is 17.4 Å². The molecule has 0 bridgehead atoms. The van der Waals surface area contributed by atoms with Gasteiger partial charge >= 0.3 is 0 Å². The van der Waals surface area contributed by atoms with Gasteiger partial charge in [-0.1, -0.05) is 24.3 Å². The SMILES string of the molecule is CS(=O)(=O)c1cccc(C(=O)NNC(=O)c2ccccc2)c1. The Morgan fingerprint density at radius 3 is 1.95 bits per heavy atom. The average Bonchev–Trinajstić information content (AvgIpc) is 2.52. The highest BCUT2D eigenvalue weighted by atomic mass is 32.2. The van der Waals surface area contributed by atoms with E-state index in [2.05, 4.69) is 10.9 Å². The minimum atomic E-state index is -3.40. The van der Waals surface area contributed by atoms with Gasteiger partial charge in [0.1, 0.15) is 0 Å². The quantitative estimate of drug-likeness (QED) is 0.831. The molecule has 2 amide bonds. The van der Waals surface area contributed by atoms with Crippen LogP contribution in [-0.2, 0) is 9.84 Å². The van der Waals surface area contributed by atoms with Crippen molar-refractivity contribution in [2.24, 2.45) is 0 Å². The van der Waals surface area contributed by atoms with E-state index in [0.717, 1.165) is 6.26 Å². The number of sulfone groups is 1. The van der Waals surface area contributed by atoms with Gasteiger partial charge in [-0.15, -0.1) is 0 Å². The van der Waals surface area contributed by atoms with Crippen LogP contribution < -0.4 is 10.9 Å². The molecule has 114 valence electrons. The minimum Gasteiger partial charge on any atom is -0.267 e. The Balaban J connectivity index is 2.06. The summed E-state index contributed by atoms with van der Waals surface area (Å²) in [5.74, 6) is -1.07. The highest BCUT2D eigenvalue weighted by molar-refractivity contribution is 7.90. The van der Waals surface area contributed by atoms with Gasteiger partial charge in [0.15, 0.2) is 9.84 Å². The zero-order chi connectivity index (χ0) is 16.2. The van der Waals surface area contributed by atoms with Crippen molar-refractivity contribution in [3.63, 3.8) is 0 Å². The Kier molecular flexibility index (Phi) is 4.57. The van der Waals surface area contributed by atoms with E-state index in [-0.39, 0.29) is 10.5 Å². The van der Waals surface area contributed by atoms with Crippen molar-refractivity contribution in [1.29, 1.82) is 0 Å². The van der Waals surface area contributed by atoms with Gasteiger partial charge in [0.25, 0.3) is 11.8 Å². The van der Waals surface area contributed by atoms with E-state index in [1.807, 2.05) is 0 Å². The molecule has 0 atom stereocenters. The fourth-order valence-corrected chi connectivity index (χ4v) is 2.38. The van der Waals surface area contributed by atoms with E-state index in [1.54, 1.807) is 30.3 Å². The molecule has 0 radical (unpaired) electrons. The van der Waals surface area contributed by atoms with Crippen LogP contribution >= 0.6 is 0 Å². The van der Waals surface area contributed by atoms with E-state index < -0.39 is 21.7 Å². The third-order valence-corrected chi connectivity index (χ3v) is 3.96. The Hall–Kier alpha value is -2.67. The van der Waals surface area contributed by atoms with E-state index in [9.17, 15) is 18.0 Å². The number of rotatable bonds is 3. The molecule has 0 fully saturated rings. The van der Waals surface area contributed by atoms with Crippen LogP contribution in [-0.4, -0.2) is 26.5 Å². The summed E-state index contributed by atoms with van der Waals surface area (Å²) in [5, 5.41) is 0. The van der Waals surface area contributed by atoms with Crippen molar-refractivity contribution in [2.75, 3.05) is 6.26 Å². The largest absolute Gasteiger partial charge is 0.269 e. The normalized spacial score (nSPS) is 10.8. The van der Waals surface area contributed by atoms with Gasteiger partial charge in [-0.25, -0.2) is 8.42 Å². The Morgan fingerprint density at radius 2 is 1.36 bits per heavy atom. The molecule has 0 saturated heterocycles. The third-order valence-electron chi connectivity index (χ3n) is 2.85. The zero-order valence-corrected chi connectivity index (χ0v) is 12.6. The van der Waals surface area contributed by atoms with Crippen LogP contribution in [0.25, 0.3) is 0 Å². The first-order valence-electron chi connectivity index (χ1n) is 6.34. The smallest absolute Gasteiger partial charge is 0.267 e. The molecule has 2 rings (SSSR count). The van der Waals surface area contributed by atoms with Crippen molar-refractivity contribution >= 4 is 21.7 Å². The fraction of sp³-hybridized carbons (Fsp3) is 0.0667. The maximum Gasteiger partial charge on any atom is 0.269 e. The third kappa shape index (κ3) is 3.92. The molecule has 2 aromatic carbocycles. The van der Waals surface area contributed by atoms with Gasteiger partial charge in [0.05, 0.1) is 4.90 Å². The maximum absolute atomic E-state index is 11.9. The molecule has 6 nitrogen and oxygen atoms in total. The van der Waals surface area contributed by atoms with Crippen LogP contribution in [0.5, 0.6) is 0 Å². The molecule has 0 aromatic heterocycles. The van der Waals surface area contributed by atoms with E-state index in [1.165, 1.54) is 24.3 Å². The molecule has 0 aliphatic heterocycles. The van der Waals surface area contributed by atoms with Crippen molar-refractivity contribution in [1.82, 2.24) is 10.9 Å². The predicted molar refractivity (Wildman–Crippen MR) is 80.9 cm³/mol. The fourth-order valence-electron chi connectivity index (χ4n) is 1.72. The number of hydrogen-bond donors (Lipinski definition) is 2. The lowest BCUT2D eigenvalue weighted by molar-refractivity contribution is 0.0846. The average molecular weight is 318 g/mol. The lowest BCUT2D eigenvalue weighted by Crippen LogP contribution is -2.41. The van der Waals surface area contributed by atoms with Crippen molar-refractivity contribution in [2.45, 2.75) is 4.90 Å². The number of amides is 2. The molecule has 0 unspecified atom stereocenters. The summed E-state index contributed by atoms with van der Waals surface area (Å²) in [6.07, 6.45) is 1.06. The standard InChI is InChI=1S/C15H14N2O4S/c1-22(20,21)13-9-5-8-12(10-13)15(19)17-16-14(18)11-6-3-2-4-7-11/h2-10H,1H3,(H,16,18)(H,17,19). The highest BCUT2D eigenvalue weighted by Gasteiger charge is 2.12. The van der Waals surface area contributed by atoms with Gasteiger partial charge < -0.3 is 0 Å². The predicted octanol–water partition coefficient (Wildman–Crippen LogP) is 1.16. The number of carbonyl (C=O) groups is 2. The highest BCUT2D eigenvalue weighted by Crippen LogP contribution is 2.11. The van der Waals surface area contributed by atoms with Gasteiger partial charge in [0.2, 0.25) is 0 Å². The zero-order valence-electron chi connectivity index (χ0n) is 11.7. The van der Waals surface area contributed by atoms with Crippen molar-refractivity contribution in [3.8, 4) is 0 Å². The van der Waals surface area contributed by atoms with Gasteiger partial charge in [-0.05, 0) is 30.3 Å². The monoisotopic (exact) mass is 318 g/mol. The van der Waals surface area contributed by atoms with Crippen LogP contribution in [0.3, 0.4) is 0 Å². The summed E-state index contributed by atoms with van der Waals surface area (Å²) in [6.45, 7) is 0. The second kappa shape index (κ2) is 6.40. The molecule has 0 aliphatic rings. The summed E-state index contributed by atoms with van der Waals surface area (Å²) >= 11 is 0. The molecule has 0 aliphatic carbocycles. The molecule has 2 aromatic rings. The molecule has 7 heteroatoms. The van der Waals surface area contributed by atoms with Crippen LogP contribution in [0.4, 0.5) is 0 Å². The molecule has 0 heterocycles. The first kappa shape index (κ1) is 15.7. The first-order valence-corrected chi connectivity index (χ1v) is 8.23. The Labute approximate surface area is 128 Å². The molecule has 22 heavy (non-hydrogen) atoms. The van der Waals surface area contributed by atoms with E-state index in [0.29, 0.717) is 5.56 Å². The van der Waals surface area contributed by atoms with Crippen LogP contribution in [0.2, 0.25) is 0 Å². The topological polar surface area (TPSA) is 92.3 Å². The second-order valence-corrected chi connectivity index (χ2v) is 6.59. The van der Waals surface area contributed by atoms with Crippen LogP contribution in [0.15, 0.2) is 59.5 Å². The number of nitrogens with one attached hydrogen (secondary N) is 2. The van der Waals surface area contributed by atoms with Gasteiger partial charge in [-0.2, -0.15) is 0 Å². The lowest BCUT2D eigenvalue weighted by atomic mass is 10.2. The van der Waals surface area contributed by atoms with Gasteiger partial charge in [-0.3, -0.25) is 20.4 Å². The Bertz CT molecular complexity index is 801. The van der Waals surface area contributed by atoms with Crippen LogP contribution in [0.1, 0.15) is 20.7 Å². The Morgan fingerprint density at radius 1 is 0.818 bits per heavy atom. The summed E-state index contributed by atoms with van der Waals surface area (Å²) in [7, 11) is -3.40. The maximum atomic E-state index is 11.9. The molecule has 2 N–H and O–H groups in total. The van der Waals surface area contributed by atoms with E-state index >= 15 is 0 Å². The van der Waals surface area contributed by atoms with Crippen LogP contribution in [0, 0.1) is 0 Å². The minimum absolute atomic E-state index is 0.0366.